The highest BCUT2D eigenvalue weighted by molar-refractivity contribution is 7.80. The third kappa shape index (κ3) is 2.15. The van der Waals surface area contributed by atoms with Gasteiger partial charge in [0.25, 0.3) is 0 Å². The van der Waals surface area contributed by atoms with Crippen LogP contribution in [-0.4, -0.2) is 15.4 Å². The molecule has 0 saturated carbocycles. The molecule has 60 valence electrons. The van der Waals surface area contributed by atoms with E-state index in [1.54, 1.807) is 6.92 Å². The van der Waals surface area contributed by atoms with E-state index in [9.17, 15) is 0 Å². The van der Waals surface area contributed by atoms with Crippen molar-refractivity contribution in [2.75, 3.05) is 0 Å². The van der Waals surface area contributed by atoms with Crippen molar-refractivity contribution in [3.8, 4) is 0 Å². The van der Waals surface area contributed by atoms with E-state index in [4.69, 9.17) is 5.73 Å². The predicted molar refractivity (Wildman–Crippen MR) is 42.7 cm³/mol. The van der Waals surface area contributed by atoms with Crippen molar-refractivity contribution in [1.82, 2.24) is 15.6 Å². The molecule has 0 atom stereocenters. The molecule has 3 N–H and O–H groups in total. The fraction of sp³-hybridized carbons (Fsp3) is 0.400. The van der Waals surface area contributed by atoms with Crippen LogP contribution in [0.1, 0.15) is 11.4 Å². The average molecular weight is 172 g/mol. The van der Waals surface area contributed by atoms with Crippen molar-refractivity contribution >= 4 is 17.3 Å². The fourth-order valence-corrected chi connectivity index (χ4v) is 0.653. The molecule has 0 amide bonds. The Morgan fingerprint density at radius 1 is 1.73 bits per heavy atom. The van der Waals surface area contributed by atoms with Crippen LogP contribution in [-0.2, 0) is 6.54 Å². The number of nitrogens with zero attached hydrogens (tertiary/aromatic N) is 2. The Bertz CT molecular complexity index is 259. The highest BCUT2D eigenvalue weighted by Crippen LogP contribution is 1.98. The SMILES string of the molecule is Cc1nonc1CNC(N)=S. The molecule has 0 spiro atoms. The maximum atomic E-state index is 5.20. The first-order valence-electron chi connectivity index (χ1n) is 3.01. The topological polar surface area (TPSA) is 77.0 Å². The van der Waals surface area contributed by atoms with Crippen LogP contribution < -0.4 is 11.1 Å². The third-order valence-corrected chi connectivity index (χ3v) is 1.32. The normalized spacial score (nSPS) is 9.55. The van der Waals surface area contributed by atoms with Crippen LogP contribution in [0.2, 0.25) is 0 Å². The summed E-state index contributed by atoms with van der Waals surface area (Å²) in [6.45, 7) is 2.26. The van der Waals surface area contributed by atoms with E-state index < -0.39 is 0 Å². The van der Waals surface area contributed by atoms with Crippen molar-refractivity contribution in [2.24, 2.45) is 5.73 Å². The minimum absolute atomic E-state index is 0.243. The molecular weight excluding hydrogens is 164 g/mol. The van der Waals surface area contributed by atoms with E-state index in [2.05, 4.69) is 32.5 Å². The predicted octanol–water partition coefficient (Wildman–Crippen LogP) is -0.289. The lowest BCUT2D eigenvalue weighted by Crippen LogP contribution is -2.28. The molecule has 1 heterocycles. The number of nitrogens with two attached hydrogens (primary N) is 1. The summed E-state index contributed by atoms with van der Waals surface area (Å²) in [5.41, 5.74) is 6.67. The third-order valence-electron chi connectivity index (χ3n) is 1.18. The zero-order valence-electron chi connectivity index (χ0n) is 6.00. The van der Waals surface area contributed by atoms with E-state index in [0.717, 1.165) is 11.4 Å². The zero-order chi connectivity index (χ0) is 8.27. The summed E-state index contributed by atoms with van der Waals surface area (Å²) >= 11 is 4.60. The second kappa shape index (κ2) is 3.29. The molecule has 0 bridgehead atoms. The minimum Gasteiger partial charge on any atom is -0.376 e. The number of aromatic nitrogens is 2. The van der Waals surface area contributed by atoms with Gasteiger partial charge in [-0.1, -0.05) is 10.3 Å². The van der Waals surface area contributed by atoms with Gasteiger partial charge in [-0.05, 0) is 19.1 Å². The molecule has 0 radical (unpaired) electrons. The summed E-state index contributed by atoms with van der Waals surface area (Å²) in [7, 11) is 0. The van der Waals surface area contributed by atoms with Crippen molar-refractivity contribution < 1.29 is 4.63 Å². The summed E-state index contributed by atoms with van der Waals surface area (Å²) in [6, 6.07) is 0. The lowest BCUT2D eigenvalue weighted by atomic mass is 10.3. The number of hydrogen-bond donors (Lipinski definition) is 2. The first kappa shape index (κ1) is 7.93. The van der Waals surface area contributed by atoms with Crippen molar-refractivity contribution in [3.63, 3.8) is 0 Å². The molecule has 1 aromatic rings. The van der Waals surface area contributed by atoms with E-state index in [1.165, 1.54) is 0 Å². The van der Waals surface area contributed by atoms with Gasteiger partial charge in [0.2, 0.25) is 0 Å². The Hall–Kier alpha value is -1.17. The summed E-state index contributed by atoms with van der Waals surface area (Å²) < 4.78 is 4.45. The van der Waals surface area contributed by atoms with Crippen LogP contribution in [0.3, 0.4) is 0 Å². The van der Waals surface area contributed by atoms with E-state index in [1.807, 2.05) is 0 Å². The number of thiocarbonyl (C=S) groups is 1. The summed E-state index contributed by atoms with van der Waals surface area (Å²) in [4.78, 5) is 0. The lowest BCUT2D eigenvalue weighted by Gasteiger charge is -1.98. The maximum absolute atomic E-state index is 5.20. The van der Waals surface area contributed by atoms with Gasteiger partial charge in [-0.3, -0.25) is 0 Å². The van der Waals surface area contributed by atoms with E-state index >= 15 is 0 Å². The van der Waals surface area contributed by atoms with Gasteiger partial charge in [0.1, 0.15) is 11.4 Å². The largest absolute Gasteiger partial charge is 0.376 e. The van der Waals surface area contributed by atoms with Crippen molar-refractivity contribution in [3.05, 3.63) is 11.4 Å². The fourth-order valence-electron chi connectivity index (χ4n) is 0.581. The molecule has 0 aromatic carbocycles. The second-order valence-corrected chi connectivity index (χ2v) is 2.45. The molecule has 1 aromatic heterocycles. The second-order valence-electron chi connectivity index (χ2n) is 2.01. The quantitative estimate of drug-likeness (QED) is 0.597. The molecule has 0 aliphatic carbocycles. The van der Waals surface area contributed by atoms with Crippen LogP contribution in [0, 0.1) is 6.92 Å². The molecule has 0 unspecified atom stereocenters. The van der Waals surface area contributed by atoms with Gasteiger partial charge >= 0.3 is 0 Å². The summed E-state index contributed by atoms with van der Waals surface area (Å²) in [5.74, 6) is 0. The first-order chi connectivity index (χ1) is 5.20. The maximum Gasteiger partial charge on any atom is 0.163 e. The van der Waals surface area contributed by atoms with Crippen molar-refractivity contribution in [2.45, 2.75) is 13.5 Å². The van der Waals surface area contributed by atoms with Crippen molar-refractivity contribution in [1.29, 1.82) is 0 Å². The Kier molecular flexibility index (Phi) is 2.37. The van der Waals surface area contributed by atoms with Crippen LogP contribution in [0.15, 0.2) is 4.63 Å². The van der Waals surface area contributed by atoms with Gasteiger partial charge in [-0.25, -0.2) is 4.63 Å². The molecular formula is C5H8N4OS. The molecule has 0 fully saturated rings. The van der Waals surface area contributed by atoms with Gasteiger partial charge in [-0.2, -0.15) is 0 Å². The van der Waals surface area contributed by atoms with Gasteiger partial charge < -0.3 is 11.1 Å². The smallest absolute Gasteiger partial charge is 0.163 e. The molecule has 11 heavy (non-hydrogen) atoms. The highest BCUT2D eigenvalue weighted by atomic mass is 32.1. The molecule has 0 saturated heterocycles. The number of aryl methyl sites for hydroxylation is 1. The highest BCUT2D eigenvalue weighted by Gasteiger charge is 2.03. The first-order valence-corrected chi connectivity index (χ1v) is 3.42. The lowest BCUT2D eigenvalue weighted by molar-refractivity contribution is 0.301. The molecule has 6 heteroatoms. The zero-order valence-corrected chi connectivity index (χ0v) is 6.81. The van der Waals surface area contributed by atoms with Gasteiger partial charge in [-0.15, -0.1) is 0 Å². The molecule has 5 nitrogen and oxygen atoms in total. The van der Waals surface area contributed by atoms with Crippen LogP contribution >= 0.6 is 12.2 Å². The minimum atomic E-state index is 0.243. The molecule has 0 aliphatic heterocycles. The molecule has 0 aliphatic rings. The molecule has 1 rings (SSSR count). The van der Waals surface area contributed by atoms with E-state index in [0.29, 0.717) is 6.54 Å². The summed E-state index contributed by atoms with van der Waals surface area (Å²) in [5, 5.41) is 10.2. The average Bonchev–Trinajstić information content (AvgIpc) is 2.31. The Balaban J connectivity index is 2.51. The van der Waals surface area contributed by atoms with Gasteiger partial charge in [0.15, 0.2) is 5.11 Å². The van der Waals surface area contributed by atoms with Crippen LogP contribution in [0.5, 0.6) is 0 Å². The monoisotopic (exact) mass is 172 g/mol. The Morgan fingerprint density at radius 2 is 2.45 bits per heavy atom. The van der Waals surface area contributed by atoms with Gasteiger partial charge in [0.05, 0.1) is 6.54 Å². The Morgan fingerprint density at radius 3 is 2.91 bits per heavy atom. The standard InChI is InChI=1S/C5H8N4OS/c1-3-4(9-10-8-3)2-7-5(6)11/h2H2,1H3,(H3,6,7,11). The number of nitrogens with one attached hydrogen (secondary N) is 1. The number of rotatable bonds is 2. The van der Waals surface area contributed by atoms with Gasteiger partial charge in [0, 0.05) is 0 Å². The van der Waals surface area contributed by atoms with Crippen LogP contribution in [0.25, 0.3) is 0 Å². The summed E-state index contributed by atoms with van der Waals surface area (Å²) in [6.07, 6.45) is 0. The number of hydrogen-bond acceptors (Lipinski definition) is 4. The van der Waals surface area contributed by atoms with Crippen LogP contribution in [0.4, 0.5) is 0 Å². The van der Waals surface area contributed by atoms with E-state index in [-0.39, 0.29) is 5.11 Å². The Labute approximate surface area is 68.9 Å².